The van der Waals surface area contributed by atoms with Crippen molar-refractivity contribution in [3.63, 3.8) is 0 Å². The second-order valence-corrected chi connectivity index (χ2v) is 7.77. The molecule has 2 aromatic heterocycles. The van der Waals surface area contributed by atoms with Crippen molar-refractivity contribution in [1.82, 2.24) is 14.5 Å². The highest BCUT2D eigenvalue weighted by atomic mass is 32.2. The van der Waals surface area contributed by atoms with E-state index in [1.807, 2.05) is 16.7 Å². The molecular formula is C14H19N3O3S. The van der Waals surface area contributed by atoms with Crippen LogP contribution in [-0.2, 0) is 16.4 Å². The molecule has 0 saturated carbocycles. The lowest BCUT2D eigenvalue weighted by atomic mass is 10.0. The van der Waals surface area contributed by atoms with Crippen molar-refractivity contribution in [2.24, 2.45) is 0 Å². The molecule has 0 amide bonds. The van der Waals surface area contributed by atoms with Crippen LogP contribution >= 0.6 is 0 Å². The number of fused-ring (bicyclic) bond motifs is 1. The summed E-state index contributed by atoms with van der Waals surface area (Å²) >= 11 is 0. The van der Waals surface area contributed by atoms with Crippen LogP contribution in [0.3, 0.4) is 0 Å². The van der Waals surface area contributed by atoms with Gasteiger partial charge in [0.2, 0.25) is 0 Å². The summed E-state index contributed by atoms with van der Waals surface area (Å²) < 4.78 is 25.2. The van der Waals surface area contributed by atoms with Crippen molar-refractivity contribution in [3.8, 4) is 0 Å². The fourth-order valence-corrected chi connectivity index (χ4v) is 4.38. The molecule has 1 aliphatic heterocycles. The van der Waals surface area contributed by atoms with Gasteiger partial charge in [0.15, 0.2) is 5.65 Å². The normalized spacial score (nSPS) is 19.1. The van der Waals surface area contributed by atoms with Crippen LogP contribution in [0.2, 0.25) is 0 Å². The molecule has 0 bridgehead atoms. The molecule has 1 saturated heterocycles. The monoisotopic (exact) mass is 309 g/mol. The number of aliphatic hydroxyl groups is 1. The maximum Gasteiger partial charge on any atom is 0.159 e. The van der Waals surface area contributed by atoms with Crippen molar-refractivity contribution < 1.29 is 13.5 Å². The third kappa shape index (κ3) is 2.94. The van der Waals surface area contributed by atoms with Crippen molar-refractivity contribution in [2.45, 2.75) is 31.7 Å². The lowest BCUT2D eigenvalue weighted by molar-refractivity contribution is 0.279. The summed E-state index contributed by atoms with van der Waals surface area (Å²) in [5.41, 5.74) is 1.65. The van der Waals surface area contributed by atoms with Crippen LogP contribution in [0.15, 0.2) is 18.3 Å². The standard InChI is InChI=1S/C14H19N3O3S/c18-8-2-7-17-13(11-4-9-21(19,20)10-5-11)16-12-3-1-6-15-14(12)17/h1,3,6,11,18H,2,4-5,7-10H2. The maximum absolute atomic E-state index is 11.6. The molecule has 0 spiro atoms. The van der Waals surface area contributed by atoms with Gasteiger partial charge in [-0.2, -0.15) is 0 Å². The molecule has 1 fully saturated rings. The number of rotatable bonds is 4. The van der Waals surface area contributed by atoms with Gasteiger partial charge in [-0.1, -0.05) is 0 Å². The summed E-state index contributed by atoms with van der Waals surface area (Å²) in [6, 6.07) is 3.77. The second kappa shape index (κ2) is 5.73. The van der Waals surface area contributed by atoms with Crippen LogP contribution in [0.5, 0.6) is 0 Å². The predicted octanol–water partition coefficient (Wildman–Crippen LogP) is 1.11. The summed E-state index contributed by atoms with van der Waals surface area (Å²) in [6.07, 6.45) is 3.60. The van der Waals surface area contributed by atoms with Crippen LogP contribution < -0.4 is 0 Å². The van der Waals surface area contributed by atoms with Crippen molar-refractivity contribution in [1.29, 1.82) is 0 Å². The van der Waals surface area contributed by atoms with E-state index in [1.54, 1.807) is 6.20 Å². The highest BCUT2D eigenvalue weighted by Crippen LogP contribution is 2.30. The molecule has 0 aromatic carbocycles. The van der Waals surface area contributed by atoms with Crippen molar-refractivity contribution in [3.05, 3.63) is 24.2 Å². The Labute approximate surface area is 123 Å². The molecule has 3 heterocycles. The molecule has 1 aliphatic rings. The second-order valence-electron chi connectivity index (χ2n) is 5.47. The van der Waals surface area contributed by atoms with Gasteiger partial charge in [-0.25, -0.2) is 18.4 Å². The van der Waals surface area contributed by atoms with E-state index in [2.05, 4.69) is 9.97 Å². The highest BCUT2D eigenvalue weighted by Gasteiger charge is 2.28. The van der Waals surface area contributed by atoms with Crippen LogP contribution in [0, 0.1) is 0 Å². The van der Waals surface area contributed by atoms with Crippen LogP contribution in [-0.4, -0.2) is 46.2 Å². The van der Waals surface area contributed by atoms with Gasteiger partial charge in [-0.05, 0) is 31.4 Å². The van der Waals surface area contributed by atoms with Crippen LogP contribution in [0.4, 0.5) is 0 Å². The number of imidazole rings is 1. The smallest absolute Gasteiger partial charge is 0.159 e. The highest BCUT2D eigenvalue weighted by molar-refractivity contribution is 7.91. The van der Waals surface area contributed by atoms with Crippen molar-refractivity contribution in [2.75, 3.05) is 18.1 Å². The first-order valence-electron chi connectivity index (χ1n) is 7.23. The van der Waals surface area contributed by atoms with Crippen molar-refractivity contribution >= 4 is 21.0 Å². The lowest BCUT2D eigenvalue weighted by Gasteiger charge is -2.22. The fraction of sp³-hybridized carbons (Fsp3) is 0.571. The first-order chi connectivity index (χ1) is 10.1. The summed E-state index contributed by atoms with van der Waals surface area (Å²) in [5, 5.41) is 9.07. The molecule has 21 heavy (non-hydrogen) atoms. The van der Waals surface area contributed by atoms with Crippen LogP contribution in [0.1, 0.15) is 31.0 Å². The van der Waals surface area contributed by atoms with E-state index in [1.165, 1.54) is 0 Å². The Morgan fingerprint density at radius 2 is 2.10 bits per heavy atom. The quantitative estimate of drug-likeness (QED) is 0.914. The first-order valence-corrected chi connectivity index (χ1v) is 9.05. The SMILES string of the molecule is O=S1(=O)CCC(c2nc3cccnc3n2CCCO)CC1. The van der Waals surface area contributed by atoms with Gasteiger partial charge >= 0.3 is 0 Å². The van der Waals surface area contributed by atoms with Crippen LogP contribution in [0.25, 0.3) is 11.2 Å². The zero-order valence-corrected chi connectivity index (χ0v) is 12.6. The molecule has 6 nitrogen and oxygen atoms in total. The minimum absolute atomic E-state index is 0.116. The minimum atomic E-state index is -2.88. The first kappa shape index (κ1) is 14.5. The van der Waals surface area contributed by atoms with E-state index in [4.69, 9.17) is 5.11 Å². The molecule has 0 atom stereocenters. The van der Waals surface area contributed by atoms with E-state index in [9.17, 15) is 8.42 Å². The maximum atomic E-state index is 11.6. The molecule has 1 N–H and O–H groups in total. The number of hydrogen-bond acceptors (Lipinski definition) is 5. The summed E-state index contributed by atoms with van der Waals surface area (Å²) in [4.78, 5) is 9.04. The number of aromatic nitrogens is 3. The lowest BCUT2D eigenvalue weighted by Crippen LogP contribution is -2.24. The zero-order chi connectivity index (χ0) is 14.9. The number of pyridine rings is 1. The predicted molar refractivity (Wildman–Crippen MR) is 79.9 cm³/mol. The van der Waals surface area contributed by atoms with Gasteiger partial charge in [-0.3, -0.25) is 0 Å². The van der Waals surface area contributed by atoms with Gasteiger partial charge in [0, 0.05) is 25.3 Å². The molecular weight excluding hydrogens is 290 g/mol. The number of hydrogen-bond donors (Lipinski definition) is 1. The Morgan fingerprint density at radius 3 is 2.81 bits per heavy atom. The Bertz CT molecular complexity index is 725. The number of nitrogens with zero attached hydrogens (tertiary/aromatic N) is 3. The molecule has 0 radical (unpaired) electrons. The largest absolute Gasteiger partial charge is 0.396 e. The summed E-state index contributed by atoms with van der Waals surface area (Å²) in [6.45, 7) is 0.771. The Hall–Kier alpha value is -1.47. The third-order valence-corrected chi connectivity index (χ3v) is 5.71. The van der Waals surface area contributed by atoms with Gasteiger partial charge in [0.25, 0.3) is 0 Å². The molecule has 0 unspecified atom stereocenters. The summed E-state index contributed by atoms with van der Waals surface area (Å²) in [7, 11) is -2.88. The number of sulfone groups is 1. The third-order valence-electron chi connectivity index (χ3n) is 3.99. The van der Waals surface area contributed by atoms with E-state index in [0.29, 0.717) is 25.8 Å². The topological polar surface area (TPSA) is 85.1 Å². The molecule has 0 aliphatic carbocycles. The van der Waals surface area contributed by atoms with E-state index in [-0.39, 0.29) is 24.0 Å². The number of aliphatic hydroxyl groups excluding tert-OH is 1. The van der Waals surface area contributed by atoms with E-state index >= 15 is 0 Å². The van der Waals surface area contributed by atoms with Gasteiger partial charge < -0.3 is 9.67 Å². The summed E-state index contributed by atoms with van der Waals surface area (Å²) in [5.74, 6) is 1.52. The van der Waals surface area contributed by atoms with Gasteiger partial charge in [-0.15, -0.1) is 0 Å². The van der Waals surface area contributed by atoms with Gasteiger partial charge in [0.05, 0.1) is 11.5 Å². The molecule has 2 aromatic rings. The molecule has 3 rings (SSSR count). The Balaban J connectivity index is 1.97. The average Bonchev–Trinajstić information content (AvgIpc) is 2.83. The Morgan fingerprint density at radius 1 is 1.33 bits per heavy atom. The molecule has 7 heteroatoms. The molecule has 114 valence electrons. The van der Waals surface area contributed by atoms with Gasteiger partial charge in [0.1, 0.15) is 21.2 Å². The van der Waals surface area contributed by atoms with E-state index in [0.717, 1.165) is 17.0 Å². The van der Waals surface area contributed by atoms with E-state index < -0.39 is 9.84 Å². The number of aryl methyl sites for hydroxylation is 1. The average molecular weight is 309 g/mol. The zero-order valence-electron chi connectivity index (χ0n) is 11.8. The Kier molecular flexibility index (Phi) is 3.95. The minimum Gasteiger partial charge on any atom is -0.396 e. The fourth-order valence-electron chi connectivity index (χ4n) is 2.89.